The number of nitrogens with one attached hydrogen (secondary N) is 2. The molecule has 22 heavy (non-hydrogen) atoms. The zero-order valence-corrected chi connectivity index (χ0v) is 11.9. The molecule has 2 N–H and O–H groups in total. The summed E-state index contributed by atoms with van der Waals surface area (Å²) < 4.78 is 10.5. The van der Waals surface area contributed by atoms with E-state index in [1.807, 2.05) is 0 Å². The van der Waals surface area contributed by atoms with Gasteiger partial charge >= 0.3 is 0 Å². The zero-order chi connectivity index (χ0) is 15.5. The van der Waals surface area contributed by atoms with Crippen molar-refractivity contribution in [2.75, 3.05) is 24.4 Å². The highest BCUT2D eigenvalue weighted by atomic mass is 16.5. The maximum Gasteiger partial charge on any atom is 0.262 e. The topological polar surface area (TPSA) is 76.7 Å². The Morgan fingerprint density at radius 3 is 2.86 bits per heavy atom. The van der Waals surface area contributed by atoms with Crippen LogP contribution in [-0.4, -0.2) is 25.5 Å². The number of fused-ring (bicyclic) bond motifs is 1. The molecule has 0 atom stereocenters. The van der Waals surface area contributed by atoms with Crippen molar-refractivity contribution >= 4 is 23.2 Å². The van der Waals surface area contributed by atoms with E-state index in [1.165, 1.54) is 7.11 Å². The standard InChI is InChI=1S/C16H14N2O4/c1-21-12-7-3-2-5-10(12)16(20)17-11-6-4-8-13-15(11)18-14(19)9-22-13/h2-8H,9H2,1H3,(H,17,20)(H,18,19). The molecule has 0 radical (unpaired) electrons. The molecular formula is C16H14N2O4. The number of carbonyl (C=O) groups is 2. The molecule has 6 nitrogen and oxygen atoms in total. The number of hydrogen-bond donors (Lipinski definition) is 2. The van der Waals surface area contributed by atoms with Gasteiger partial charge in [0.15, 0.2) is 6.61 Å². The predicted molar refractivity (Wildman–Crippen MR) is 81.5 cm³/mol. The molecule has 2 amide bonds. The fraction of sp³-hybridized carbons (Fsp3) is 0.125. The summed E-state index contributed by atoms with van der Waals surface area (Å²) in [4.78, 5) is 23.9. The van der Waals surface area contributed by atoms with Crippen LogP contribution in [0.5, 0.6) is 11.5 Å². The fourth-order valence-electron chi connectivity index (χ4n) is 2.23. The number of ether oxygens (including phenoxy) is 2. The number of carbonyl (C=O) groups excluding carboxylic acids is 2. The van der Waals surface area contributed by atoms with Gasteiger partial charge in [-0.2, -0.15) is 0 Å². The summed E-state index contributed by atoms with van der Waals surface area (Å²) in [6.45, 7) is -0.0308. The molecule has 6 heteroatoms. The first-order valence-electron chi connectivity index (χ1n) is 6.69. The zero-order valence-electron chi connectivity index (χ0n) is 11.9. The second-order valence-electron chi connectivity index (χ2n) is 4.67. The SMILES string of the molecule is COc1ccccc1C(=O)Nc1cccc2c1NC(=O)CO2. The Kier molecular flexibility index (Phi) is 3.65. The Morgan fingerprint density at radius 2 is 2.05 bits per heavy atom. The number of methoxy groups -OCH3 is 1. The number of anilines is 2. The minimum absolute atomic E-state index is 0.0308. The van der Waals surface area contributed by atoms with Gasteiger partial charge in [-0.15, -0.1) is 0 Å². The second-order valence-corrected chi connectivity index (χ2v) is 4.67. The van der Waals surface area contributed by atoms with E-state index in [0.717, 1.165) is 0 Å². The normalized spacial score (nSPS) is 12.7. The van der Waals surface area contributed by atoms with Gasteiger partial charge in [0.05, 0.1) is 18.4 Å². The Morgan fingerprint density at radius 1 is 1.23 bits per heavy atom. The summed E-state index contributed by atoms with van der Waals surface area (Å²) in [6.07, 6.45) is 0. The lowest BCUT2D eigenvalue weighted by molar-refractivity contribution is -0.118. The summed E-state index contributed by atoms with van der Waals surface area (Å²) in [7, 11) is 1.50. The van der Waals surface area contributed by atoms with Gasteiger partial charge in [-0.3, -0.25) is 9.59 Å². The van der Waals surface area contributed by atoms with Crippen molar-refractivity contribution in [1.29, 1.82) is 0 Å². The molecule has 0 fully saturated rings. The van der Waals surface area contributed by atoms with Crippen molar-refractivity contribution in [3.63, 3.8) is 0 Å². The van der Waals surface area contributed by atoms with Crippen LogP contribution in [0.1, 0.15) is 10.4 Å². The Labute approximate surface area is 127 Å². The summed E-state index contributed by atoms with van der Waals surface area (Å²) >= 11 is 0. The van der Waals surface area contributed by atoms with Gasteiger partial charge in [-0.05, 0) is 24.3 Å². The Bertz CT molecular complexity index is 743. The smallest absolute Gasteiger partial charge is 0.262 e. The largest absolute Gasteiger partial charge is 0.496 e. The Balaban J connectivity index is 1.90. The highest BCUT2D eigenvalue weighted by Crippen LogP contribution is 2.35. The first kappa shape index (κ1) is 13.9. The molecule has 1 aliphatic heterocycles. The van der Waals surface area contributed by atoms with Gasteiger partial charge in [-0.1, -0.05) is 18.2 Å². The van der Waals surface area contributed by atoms with Gasteiger partial charge in [0.1, 0.15) is 17.2 Å². The van der Waals surface area contributed by atoms with Crippen LogP contribution in [-0.2, 0) is 4.79 Å². The summed E-state index contributed by atoms with van der Waals surface area (Å²) in [5.41, 5.74) is 1.34. The van der Waals surface area contributed by atoms with Crippen molar-refractivity contribution in [2.24, 2.45) is 0 Å². The molecule has 1 aliphatic rings. The molecule has 112 valence electrons. The van der Waals surface area contributed by atoms with E-state index in [-0.39, 0.29) is 18.4 Å². The van der Waals surface area contributed by atoms with Crippen LogP contribution in [0.4, 0.5) is 11.4 Å². The molecule has 2 aromatic carbocycles. The van der Waals surface area contributed by atoms with E-state index < -0.39 is 0 Å². The molecule has 0 bridgehead atoms. The number of para-hydroxylation sites is 2. The molecule has 1 heterocycles. The molecule has 3 rings (SSSR count). The van der Waals surface area contributed by atoms with Gasteiger partial charge in [0, 0.05) is 0 Å². The van der Waals surface area contributed by atoms with E-state index in [0.29, 0.717) is 28.4 Å². The van der Waals surface area contributed by atoms with Crippen molar-refractivity contribution in [2.45, 2.75) is 0 Å². The van der Waals surface area contributed by atoms with Crippen molar-refractivity contribution in [3.8, 4) is 11.5 Å². The third kappa shape index (κ3) is 2.58. The summed E-state index contributed by atoms with van der Waals surface area (Å²) in [5, 5.41) is 5.47. The average molecular weight is 298 g/mol. The first-order valence-corrected chi connectivity index (χ1v) is 6.69. The van der Waals surface area contributed by atoms with E-state index in [2.05, 4.69) is 10.6 Å². The number of hydrogen-bond acceptors (Lipinski definition) is 4. The van der Waals surface area contributed by atoms with Crippen LogP contribution < -0.4 is 20.1 Å². The minimum Gasteiger partial charge on any atom is -0.496 e. The molecule has 0 spiro atoms. The molecule has 0 aliphatic carbocycles. The second kappa shape index (κ2) is 5.77. The maximum atomic E-state index is 12.4. The monoisotopic (exact) mass is 298 g/mol. The lowest BCUT2D eigenvalue weighted by Crippen LogP contribution is -2.26. The lowest BCUT2D eigenvalue weighted by Gasteiger charge is -2.21. The number of amides is 2. The lowest BCUT2D eigenvalue weighted by atomic mass is 10.1. The van der Waals surface area contributed by atoms with Crippen molar-refractivity contribution in [3.05, 3.63) is 48.0 Å². The number of rotatable bonds is 3. The van der Waals surface area contributed by atoms with E-state index in [1.54, 1.807) is 42.5 Å². The summed E-state index contributed by atoms with van der Waals surface area (Å²) in [5.74, 6) is 0.416. The van der Waals surface area contributed by atoms with E-state index in [9.17, 15) is 9.59 Å². The van der Waals surface area contributed by atoms with Crippen molar-refractivity contribution < 1.29 is 19.1 Å². The maximum absolute atomic E-state index is 12.4. The predicted octanol–water partition coefficient (Wildman–Crippen LogP) is 2.28. The Hall–Kier alpha value is -3.02. The molecule has 0 aromatic heterocycles. The van der Waals surface area contributed by atoms with Gasteiger partial charge in [0.2, 0.25) is 0 Å². The highest BCUT2D eigenvalue weighted by Gasteiger charge is 2.21. The van der Waals surface area contributed by atoms with E-state index in [4.69, 9.17) is 9.47 Å². The molecule has 0 saturated heterocycles. The molecule has 0 saturated carbocycles. The molecular weight excluding hydrogens is 284 g/mol. The quantitative estimate of drug-likeness (QED) is 0.911. The highest BCUT2D eigenvalue weighted by molar-refractivity contribution is 6.09. The van der Waals surface area contributed by atoms with Gasteiger partial charge in [-0.25, -0.2) is 0 Å². The molecule has 0 unspecified atom stereocenters. The number of benzene rings is 2. The van der Waals surface area contributed by atoms with Crippen LogP contribution in [0.2, 0.25) is 0 Å². The van der Waals surface area contributed by atoms with Gasteiger partial charge < -0.3 is 20.1 Å². The summed E-state index contributed by atoms with van der Waals surface area (Å²) in [6, 6.07) is 12.1. The minimum atomic E-state index is -0.328. The molecule has 2 aromatic rings. The van der Waals surface area contributed by atoms with Crippen LogP contribution in [0, 0.1) is 0 Å². The van der Waals surface area contributed by atoms with Crippen molar-refractivity contribution in [1.82, 2.24) is 0 Å². The average Bonchev–Trinajstić information content (AvgIpc) is 2.55. The third-order valence-corrected chi connectivity index (χ3v) is 3.25. The van der Waals surface area contributed by atoms with Gasteiger partial charge in [0.25, 0.3) is 11.8 Å². The van der Waals surface area contributed by atoms with Crippen LogP contribution in [0.15, 0.2) is 42.5 Å². The van der Waals surface area contributed by atoms with Crippen LogP contribution >= 0.6 is 0 Å². The van der Waals surface area contributed by atoms with Crippen LogP contribution in [0.25, 0.3) is 0 Å². The third-order valence-electron chi connectivity index (χ3n) is 3.25. The first-order chi connectivity index (χ1) is 10.7. The van der Waals surface area contributed by atoms with E-state index >= 15 is 0 Å². The fourth-order valence-corrected chi connectivity index (χ4v) is 2.23. The van der Waals surface area contributed by atoms with Crippen LogP contribution in [0.3, 0.4) is 0 Å².